The molecule has 0 aromatic carbocycles. The monoisotopic (exact) mass is 149 g/mol. The van der Waals surface area contributed by atoms with Gasteiger partial charge in [0.25, 0.3) is 0 Å². The molecule has 0 radical (unpaired) electrons. The van der Waals surface area contributed by atoms with Gasteiger partial charge >= 0.3 is 5.97 Å². The molecule has 0 spiro atoms. The van der Waals surface area contributed by atoms with Crippen LogP contribution in [0, 0.1) is 0 Å². The third-order valence-electron chi connectivity index (χ3n) is 0.614. The standard InChI is InChI=1S/C4H6O4S/c1-3(9(6)7)4(5)8-2/h1H2,2H3,(H,6,7)/p-1. The molecule has 0 aliphatic carbocycles. The van der Waals surface area contributed by atoms with Crippen LogP contribution >= 0.6 is 0 Å². The average Bonchev–Trinajstić information content (AvgIpc) is 1.84. The summed E-state index contributed by atoms with van der Waals surface area (Å²) in [5.41, 5.74) is 0. The van der Waals surface area contributed by atoms with Gasteiger partial charge in [0.05, 0.1) is 7.11 Å². The molecule has 0 heterocycles. The number of ether oxygens (including phenoxy) is 1. The van der Waals surface area contributed by atoms with Crippen LogP contribution in [0.15, 0.2) is 11.5 Å². The van der Waals surface area contributed by atoms with Crippen LogP contribution in [0.4, 0.5) is 0 Å². The van der Waals surface area contributed by atoms with E-state index in [4.69, 9.17) is 0 Å². The third kappa shape index (κ3) is 2.39. The van der Waals surface area contributed by atoms with E-state index in [1.165, 1.54) is 0 Å². The maximum atomic E-state index is 10.2. The molecule has 0 aliphatic rings. The van der Waals surface area contributed by atoms with Crippen molar-refractivity contribution in [3.63, 3.8) is 0 Å². The summed E-state index contributed by atoms with van der Waals surface area (Å²) in [6.07, 6.45) is 0. The molecule has 0 aromatic rings. The first-order valence-corrected chi connectivity index (χ1v) is 3.03. The molecule has 0 rings (SSSR count). The number of carbonyl (C=O) groups excluding carboxylic acids is 1. The lowest BCUT2D eigenvalue weighted by atomic mass is 10.6. The molecule has 0 amide bonds. The van der Waals surface area contributed by atoms with Gasteiger partial charge in [0.15, 0.2) is 0 Å². The molecular formula is C4H5O4S-. The van der Waals surface area contributed by atoms with Crippen molar-refractivity contribution in [1.82, 2.24) is 0 Å². The van der Waals surface area contributed by atoms with Gasteiger partial charge in [0.1, 0.15) is 4.91 Å². The van der Waals surface area contributed by atoms with Gasteiger partial charge in [-0.25, -0.2) is 4.79 Å². The van der Waals surface area contributed by atoms with Gasteiger partial charge in [-0.2, -0.15) is 0 Å². The van der Waals surface area contributed by atoms with E-state index in [1.54, 1.807) is 0 Å². The van der Waals surface area contributed by atoms with E-state index in [1.807, 2.05) is 0 Å². The van der Waals surface area contributed by atoms with Gasteiger partial charge < -0.3 is 9.29 Å². The number of rotatable bonds is 2. The SMILES string of the molecule is C=C(C(=O)OC)S(=O)[O-]. The summed E-state index contributed by atoms with van der Waals surface area (Å²) in [6.45, 7) is 2.94. The summed E-state index contributed by atoms with van der Waals surface area (Å²) in [4.78, 5) is 9.68. The molecule has 0 bridgehead atoms. The fourth-order valence-corrected chi connectivity index (χ4v) is 0.401. The largest absolute Gasteiger partial charge is 0.768 e. The normalized spacial score (nSPS) is 12.2. The summed E-state index contributed by atoms with van der Waals surface area (Å²) >= 11 is -2.56. The van der Waals surface area contributed by atoms with Gasteiger partial charge in [0, 0.05) is 0 Å². The zero-order chi connectivity index (χ0) is 7.44. The van der Waals surface area contributed by atoms with E-state index in [0.717, 1.165) is 7.11 Å². The van der Waals surface area contributed by atoms with Gasteiger partial charge in [-0.3, -0.25) is 4.21 Å². The fraction of sp³-hybridized carbons (Fsp3) is 0.250. The van der Waals surface area contributed by atoms with Crippen molar-refractivity contribution in [2.45, 2.75) is 0 Å². The fourth-order valence-electron chi connectivity index (χ4n) is 0.182. The molecule has 0 saturated heterocycles. The van der Waals surface area contributed by atoms with Crippen LogP contribution in [-0.4, -0.2) is 21.8 Å². The molecule has 0 N–H and O–H groups in total. The zero-order valence-corrected chi connectivity index (χ0v) is 5.56. The molecule has 9 heavy (non-hydrogen) atoms. The first kappa shape index (κ1) is 8.32. The summed E-state index contributed by atoms with van der Waals surface area (Å²) in [5, 5.41) is 0. The number of hydrogen-bond donors (Lipinski definition) is 0. The van der Waals surface area contributed by atoms with Gasteiger partial charge in [0.2, 0.25) is 0 Å². The number of methoxy groups -OCH3 is 1. The third-order valence-corrected chi connectivity index (χ3v) is 1.18. The van der Waals surface area contributed by atoms with Crippen LogP contribution in [0.2, 0.25) is 0 Å². The first-order chi connectivity index (χ1) is 4.09. The minimum Gasteiger partial charge on any atom is -0.768 e. The molecule has 0 aliphatic heterocycles. The van der Waals surface area contributed by atoms with Gasteiger partial charge in [-0.05, 0) is 11.1 Å². The van der Waals surface area contributed by atoms with E-state index in [2.05, 4.69) is 11.3 Å². The number of esters is 1. The Morgan fingerprint density at radius 3 is 2.33 bits per heavy atom. The smallest absolute Gasteiger partial charge is 0.345 e. The maximum absolute atomic E-state index is 10.2. The molecule has 52 valence electrons. The van der Waals surface area contributed by atoms with Crippen LogP contribution in [0.25, 0.3) is 0 Å². The van der Waals surface area contributed by atoms with Crippen molar-refractivity contribution in [3.8, 4) is 0 Å². The molecule has 0 aromatic heterocycles. The highest BCUT2D eigenvalue weighted by molar-refractivity contribution is 7.84. The molecule has 1 atom stereocenters. The highest BCUT2D eigenvalue weighted by Gasteiger charge is 2.04. The van der Waals surface area contributed by atoms with Crippen molar-refractivity contribution in [1.29, 1.82) is 0 Å². The Morgan fingerprint density at radius 2 is 2.22 bits per heavy atom. The van der Waals surface area contributed by atoms with Crippen molar-refractivity contribution in [3.05, 3.63) is 11.5 Å². The van der Waals surface area contributed by atoms with E-state index in [9.17, 15) is 13.6 Å². The van der Waals surface area contributed by atoms with Crippen molar-refractivity contribution in [2.75, 3.05) is 7.11 Å². The summed E-state index contributed by atoms with van der Waals surface area (Å²) in [7, 11) is 1.08. The molecule has 1 unspecified atom stereocenters. The second-order valence-electron chi connectivity index (χ2n) is 1.15. The lowest BCUT2D eigenvalue weighted by Crippen LogP contribution is -2.07. The van der Waals surface area contributed by atoms with Crippen LogP contribution in [0.3, 0.4) is 0 Å². The van der Waals surface area contributed by atoms with Crippen LogP contribution in [0.1, 0.15) is 0 Å². The van der Waals surface area contributed by atoms with Gasteiger partial charge in [-0.15, -0.1) is 0 Å². The highest BCUT2D eigenvalue weighted by Crippen LogP contribution is 1.95. The second kappa shape index (κ2) is 3.37. The van der Waals surface area contributed by atoms with Crippen LogP contribution < -0.4 is 0 Å². The topological polar surface area (TPSA) is 66.4 Å². The van der Waals surface area contributed by atoms with Crippen LogP contribution in [-0.2, 0) is 20.6 Å². The maximum Gasteiger partial charge on any atom is 0.345 e. The molecule has 4 nitrogen and oxygen atoms in total. The Bertz CT molecular complexity index is 162. The Morgan fingerprint density at radius 1 is 1.78 bits per heavy atom. The predicted molar refractivity (Wildman–Crippen MR) is 30.1 cm³/mol. The quantitative estimate of drug-likeness (QED) is 0.303. The summed E-state index contributed by atoms with van der Waals surface area (Å²) in [5.74, 6) is -0.927. The van der Waals surface area contributed by atoms with E-state index in [-0.39, 0.29) is 0 Å². The summed E-state index contributed by atoms with van der Waals surface area (Å²) in [6, 6.07) is 0. The van der Waals surface area contributed by atoms with Crippen molar-refractivity contribution >= 4 is 17.0 Å². The minimum absolute atomic E-state index is 0.558. The van der Waals surface area contributed by atoms with Crippen molar-refractivity contribution in [2.24, 2.45) is 0 Å². The van der Waals surface area contributed by atoms with Gasteiger partial charge in [-0.1, -0.05) is 6.58 Å². The number of carbonyl (C=O) groups is 1. The zero-order valence-electron chi connectivity index (χ0n) is 4.75. The highest BCUT2D eigenvalue weighted by atomic mass is 32.2. The van der Waals surface area contributed by atoms with E-state index < -0.39 is 22.0 Å². The average molecular weight is 149 g/mol. The lowest BCUT2D eigenvalue weighted by Gasteiger charge is -2.04. The minimum atomic E-state index is -2.56. The Kier molecular flexibility index (Phi) is 3.11. The number of hydrogen-bond acceptors (Lipinski definition) is 4. The molecule has 5 heteroatoms. The lowest BCUT2D eigenvalue weighted by molar-refractivity contribution is -0.135. The molecule has 0 saturated carbocycles. The molecule has 0 fully saturated rings. The summed E-state index contributed by atoms with van der Waals surface area (Å²) < 4.78 is 23.8. The van der Waals surface area contributed by atoms with E-state index in [0.29, 0.717) is 0 Å². The Labute approximate surface area is 54.8 Å². The Hall–Kier alpha value is -0.680. The van der Waals surface area contributed by atoms with Crippen molar-refractivity contribution < 1.29 is 18.3 Å². The molecular weight excluding hydrogens is 144 g/mol. The van der Waals surface area contributed by atoms with E-state index >= 15 is 0 Å². The van der Waals surface area contributed by atoms with Crippen LogP contribution in [0.5, 0.6) is 0 Å². The Balaban J connectivity index is 4.05. The second-order valence-corrected chi connectivity index (χ2v) is 2.11. The first-order valence-electron chi connectivity index (χ1n) is 1.96. The predicted octanol–water partition coefficient (Wildman–Crippen LogP) is -0.448.